The Morgan fingerprint density at radius 3 is 1.84 bits per heavy atom. The zero-order valence-corrected chi connectivity index (χ0v) is 11.3. The van der Waals surface area contributed by atoms with Gasteiger partial charge in [0.05, 0.1) is 0 Å². The van der Waals surface area contributed by atoms with Gasteiger partial charge in [0, 0.05) is 18.9 Å². The predicted molar refractivity (Wildman–Crippen MR) is 61.6 cm³/mol. The predicted octanol–water partition coefficient (Wildman–Crippen LogP) is 3.24. The Kier molecular flexibility index (Phi) is 5.28. The zero-order valence-electron chi connectivity index (χ0n) is 9.74. The standard InChI is InChI=1S/C11H9BrF5NO/c1-18(4-2-3-12)11(19)5-6(13)8(15)10(17)9(16)7(5)14/h2-4H2,1H3. The van der Waals surface area contributed by atoms with Gasteiger partial charge in [-0.3, -0.25) is 4.79 Å². The lowest BCUT2D eigenvalue weighted by molar-refractivity contribution is 0.0782. The van der Waals surface area contributed by atoms with Gasteiger partial charge in [-0.2, -0.15) is 0 Å². The molecule has 0 aliphatic carbocycles. The fraction of sp³-hybridized carbons (Fsp3) is 0.364. The minimum atomic E-state index is -2.28. The first-order valence-electron chi connectivity index (χ1n) is 5.15. The highest BCUT2D eigenvalue weighted by molar-refractivity contribution is 9.09. The molecule has 0 N–H and O–H groups in total. The molecule has 0 heterocycles. The molecule has 2 nitrogen and oxygen atoms in total. The topological polar surface area (TPSA) is 20.3 Å². The van der Waals surface area contributed by atoms with E-state index in [1.54, 1.807) is 0 Å². The van der Waals surface area contributed by atoms with Crippen LogP contribution in [0, 0.1) is 29.1 Å². The van der Waals surface area contributed by atoms with Crippen LogP contribution in [0.2, 0.25) is 0 Å². The summed E-state index contributed by atoms with van der Waals surface area (Å²) in [5.41, 5.74) is -1.44. The van der Waals surface area contributed by atoms with Crippen LogP contribution in [0.1, 0.15) is 16.8 Å². The number of hydrogen-bond donors (Lipinski definition) is 0. The molecule has 8 heteroatoms. The van der Waals surface area contributed by atoms with E-state index in [0.29, 0.717) is 11.8 Å². The minimum Gasteiger partial charge on any atom is -0.341 e. The van der Waals surface area contributed by atoms with Crippen LogP contribution in [0.3, 0.4) is 0 Å². The fourth-order valence-corrected chi connectivity index (χ4v) is 1.63. The first-order chi connectivity index (χ1) is 8.82. The molecular formula is C11H9BrF5NO. The highest BCUT2D eigenvalue weighted by Crippen LogP contribution is 2.24. The Hall–Kier alpha value is -1.18. The molecular weight excluding hydrogens is 337 g/mol. The van der Waals surface area contributed by atoms with E-state index in [0.717, 1.165) is 4.90 Å². The summed E-state index contributed by atoms with van der Waals surface area (Å²) in [7, 11) is 1.21. The van der Waals surface area contributed by atoms with Gasteiger partial charge in [0.2, 0.25) is 5.82 Å². The molecule has 1 aromatic rings. The maximum Gasteiger partial charge on any atom is 0.259 e. The lowest BCUT2D eigenvalue weighted by Gasteiger charge is -2.17. The lowest BCUT2D eigenvalue weighted by Crippen LogP contribution is -2.30. The van der Waals surface area contributed by atoms with Crippen LogP contribution in [-0.4, -0.2) is 29.7 Å². The third-order valence-electron chi connectivity index (χ3n) is 2.40. The summed E-state index contributed by atoms with van der Waals surface area (Å²) in [4.78, 5) is 12.6. The Morgan fingerprint density at radius 1 is 1.00 bits per heavy atom. The van der Waals surface area contributed by atoms with Crippen molar-refractivity contribution in [1.82, 2.24) is 4.90 Å². The second kappa shape index (κ2) is 6.31. The Balaban J connectivity index is 3.24. The summed E-state index contributed by atoms with van der Waals surface area (Å²) < 4.78 is 65.4. The van der Waals surface area contributed by atoms with Crippen molar-refractivity contribution in [3.8, 4) is 0 Å². The third kappa shape index (κ3) is 3.05. The number of amides is 1. The van der Waals surface area contributed by atoms with Crippen LogP contribution < -0.4 is 0 Å². The van der Waals surface area contributed by atoms with Crippen LogP contribution in [0.15, 0.2) is 0 Å². The van der Waals surface area contributed by atoms with Crippen molar-refractivity contribution in [2.75, 3.05) is 18.9 Å². The maximum absolute atomic E-state index is 13.4. The van der Waals surface area contributed by atoms with Gasteiger partial charge < -0.3 is 4.90 Å². The lowest BCUT2D eigenvalue weighted by atomic mass is 10.1. The van der Waals surface area contributed by atoms with Gasteiger partial charge in [-0.25, -0.2) is 22.0 Å². The largest absolute Gasteiger partial charge is 0.341 e. The van der Waals surface area contributed by atoms with Crippen LogP contribution in [0.4, 0.5) is 22.0 Å². The van der Waals surface area contributed by atoms with Crippen molar-refractivity contribution < 1.29 is 26.7 Å². The number of nitrogens with zero attached hydrogens (tertiary/aromatic N) is 1. The van der Waals surface area contributed by atoms with Gasteiger partial charge in [-0.05, 0) is 6.42 Å². The second-order valence-corrected chi connectivity index (χ2v) is 4.51. The van der Waals surface area contributed by atoms with Crippen molar-refractivity contribution in [3.05, 3.63) is 34.6 Å². The highest BCUT2D eigenvalue weighted by Gasteiger charge is 2.30. The molecule has 1 amide bonds. The summed E-state index contributed by atoms with van der Waals surface area (Å²) >= 11 is 3.09. The van der Waals surface area contributed by atoms with E-state index < -0.39 is 40.6 Å². The van der Waals surface area contributed by atoms with Crippen LogP contribution in [-0.2, 0) is 0 Å². The van der Waals surface area contributed by atoms with Crippen LogP contribution in [0.25, 0.3) is 0 Å². The molecule has 1 rings (SSSR count). The molecule has 0 radical (unpaired) electrons. The number of rotatable bonds is 4. The van der Waals surface area contributed by atoms with Crippen molar-refractivity contribution >= 4 is 21.8 Å². The molecule has 0 fully saturated rings. The normalized spacial score (nSPS) is 10.7. The first-order valence-corrected chi connectivity index (χ1v) is 6.27. The monoisotopic (exact) mass is 345 g/mol. The van der Waals surface area contributed by atoms with Gasteiger partial charge in [-0.1, -0.05) is 15.9 Å². The number of benzene rings is 1. The van der Waals surface area contributed by atoms with Crippen LogP contribution in [0.5, 0.6) is 0 Å². The van der Waals surface area contributed by atoms with Crippen molar-refractivity contribution in [1.29, 1.82) is 0 Å². The average Bonchev–Trinajstić information content (AvgIpc) is 2.40. The van der Waals surface area contributed by atoms with Gasteiger partial charge in [0.1, 0.15) is 5.56 Å². The molecule has 0 saturated heterocycles. The summed E-state index contributed by atoms with van der Waals surface area (Å²) in [6.07, 6.45) is 0.470. The smallest absolute Gasteiger partial charge is 0.259 e. The number of hydrogen-bond acceptors (Lipinski definition) is 1. The Morgan fingerprint density at radius 2 is 1.42 bits per heavy atom. The molecule has 0 spiro atoms. The molecule has 0 aliphatic heterocycles. The molecule has 106 valence electrons. The quantitative estimate of drug-likeness (QED) is 0.355. The number of halogens is 6. The summed E-state index contributed by atoms with van der Waals surface area (Å²) in [5.74, 6) is -12.0. The molecule has 0 aromatic heterocycles. The average molecular weight is 346 g/mol. The molecule has 0 atom stereocenters. The van der Waals surface area contributed by atoms with E-state index >= 15 is 0 Å². The minimum absolute atomic E-state index is 0.115. The van der Waals surface area contributed by atoms with E-state index in [1.165, 1.54) is 7.05 Å². The Labute approximate surface area is 114 Å². The molecule has 0 unspecified atom stereocenters. The fourth-order valence-electron chi connectivity index (χ4n) is 1.38. The number of carbonyl (C=O) groups is 1. The summed E-state index contributed by atoms with van der Waals surface area (Å²) in [6.45, 7) is 0.115. The van der Waals surface area contributed by atoms with Crippen molar-refractivity contribution in [3.63, 3.8) is 0 Å². The molecule has 0 bridgehead atoms. The number of alkyl halides is 1. The molecule has 0 saturated carbocycles. The highest BCUT2D eigenvalue weighted by atomic mass is 79.9. The van der Waals surface area contributed by atoms with Gasteiger partial charge >= 0.3 is 0 Å². The van der Waals surface area contributed by atoms with E-state index in [1.807, 2.05) is 0 Å². The van der Waals surface area contributed by atoms with Gasteiger partial charge in [0.25, 0.3) is 5.91 Å². The van der Waals surface area contributed by atoms with E-state index in [2.05, 4.69) is 15.9 Å². The molecule has 0 aliphatic rings. The van der Waals surface area contributed by atoms with Gasteiger partial charge in [0.15, 0.2) is 23.3 Å². The van der Waals surface area contributed by atoms with Crippen LogP contribution >= 0.6 is 15.9 Å². The molecule has 1 aromatic carbocycles. The SMILES string of the molecule is CN(CCCBr)C(=O)c1c(F)c(F)c(F)c(F)c1F. The van der Waals surface area contributed by atoms with E-state index in [9.17, 15) is 26.7 Å². The van der Waals surface area contributed by atoms with E-state index in [-0.39, 0.29) is 6.54 Å². The van der Waals surface area contributed by atoms with Crippen molar-refractivity contribution in [2.45, 2.75) is 6.42 Å². The summed E-state index contributed by atoms with van der Waals surface area (Å²) in [5, 5.41) is 0.529. The maximum atomic E-state index is 13.4. The third-order valence-corrected chi connectivity index (χ3v) is 2.96. The molecule has 19 heavy (non-hydrogen) atoms. The Bertz CT molecular complexity index is 479. The van der Waals surface area contributed by atoms with Crippen molar-refractivity contribution in [2.24, 2.45) is 0 Å². The first kappa shape index (κ1) is 15.9. The number of carbonyl (C=O) groups excluding carboxylic acids is 1. The van der Waals surface area contributed by atoms with Gasteiger partial charge in [-0.15, -0.1) is 0 Å². The zero-order chi connectivity index (χ0) is 14.7. The summed E-state index contributed by atoms with van der Waals surface area (Å²) in [6, 6.07) is 0. The second-order valence-electron chi connectivity index (χ2n) is 3.71. The van der Waals surface area contributed by atoms with E-state index in [4.69, 9.17) is 0 Å².